The first kappa shape index (κ1) is 20.5. The predicted molar refractivity (Wildman–Crippen MR) is 96.7 cm³/mol. The Bertz CT molecular complexity index is 1010. The van der Waals surface area contributed by atoms with Crippen molar-refractivity contribution in [3.8, 4) is 0 Å². The third-order valence-corrected chi connectivity index (χ3v) is 5.06. The van der Waals surface area contributed by atoms with Crippen molar-refractivity contribution in [3.63, 3.8) is 0 Å². The van der Waals surface area contributed by atoms with Crippen molar-refractivity contribution in [2.24, 2.45) is 0 Å². The molecule has 0 aromatic heterocycles. The molecule has 0 spiro atoms. The summed E-state index contributed by atoms with van der Waals surface area (Å²) < 4.78 is 39.0. The largest absolute Gasteiger partial charge is 0.442 e. The maximum atomic E-state index is 13.0. The van der Waals surface area contributed by atoms with Crippen LogP contribution < -0.4 is 0 Å². The van der Waals surface area contributed by atoms with E-state index in [0.29, 0.717) is 4.90 Å². The van der Waals surface area contributed by atoms with Crippen LogP contribution in [0.4, 0.5) is 18.9 Å². The molecular formula is C18H11F3N2O5S. The minimum absolute atomic E-state index is 0.00139. The number of ketones is 1. The van der Waals surface area contributed by atoms with Crippen LogP contribution in [-0.2, 0) is 0 Å². The van der Waals surface area contributed by atoms with Gasteiger partial charge in [0.15, 0.2) is 5.78 Å². The second-order valence-corrected chi connectivity index (χ2v) is 7.26. The van der Waals surface area contributed by atoms with Gasteiger partial charge in [-0.05, 0) is 17.8 Å². The molecule has 1 aliphatic heterocycles. The molecule has 1 atom stereocenters. The number of halogens is 3. The number of fused-ring (bicyclic) bond motifs is 1. The third kappa shape index (κ3) is 4.29. The number of thioether (sulfide) groups is 1. The molecule has 1 aliphatic rings. The number of carbonyl (C=O) groups is 3. The van der Waals surface area contributed by atoms with Gasteiger partial charge in [0.25, 0.3) is 17.5 Å². The Balaban J connectivity index is 1.91. The van der Waals surface area contributed by atoms with Gasteiger partial charge in [-0.1, -0.05) is 30.3 Å². The van der Waals surface area contributed by atoms with Gasteiger partial charge in [0.2, 0.25) is 0 Å². The lowest BCUT2D eigenvalue weighted by Crippen LogP contribution is -2.40. The van der Waals surface area contributed by atoms with Crippen molar-refractivity contribution < 1.29 is 32.5 Å². The number of Topliss-reactive ketones (excluding diaryl/α,β-unsaturated/α-hetero) is 1. The summed E-state index contributed by atoms with van der Waals surface area (Å²) in [5.74, 6) is -2.79. The highest BCUT2D eigenvalue weighted by atomic mass is 32.2. The molecule has 1 unspecified atom stereocenters. The Morgan fingerprint density at radius 1 is 1.07 bits per heavy atom. The Hall–Kier alpha value is -3.21. The summed E-state index contributed by atoms with van der Waals surface area (Å²) in [5.41, 5.74) is -5.67. The number of carbonyl (C=O) groups excluding carboxylic acids is 3. The minimum Gasteiger partial charge on any atom is -0.293 e. The van der Waals surface area contributed by atoms with Gasteiger partial charge < -0.3 is 0 Å². The van der Waals surface area contributed by atoms with Gasteiger partial charge in [0.05, 0.1) is 21.3 Å². The summed E-state index contributed by atoms with van der Waals surface area (Å²) in [6, 6.07) is 10.2. The topological polar surface area (TPSA) is 97.6 Å². The molecule has 0 N–H and O–H groups in total. The second-order valence-electron chi connectivity index (χ2n) is 5.99. The van der Waals surface area contributed by atoms with Crippen molar-refractivity contribution in [1.82, 2.24) is 4.90 Å². The summed E-state index contributed by atoms with van der Waals surface area (Å²) in [7, 11) is 0. The highest BCUT2D eigenvalue weighted by Gasteiger charge is 2.43. The van der Waals surface area contributed by atoms with Crippen LogP contribution in [0.3, 0.4) is 0 Å². The van der Waals surface area contributed by atoms with Crippen molar-refractivity contribution in [2.75, 3.05) is 6.54 Å². The van der Waals surface area contributed by atoms with Crippen LogP contribution in [0, 0.1) is 10.1 Å². The molecule has 2 aromatic rings. The molecule has 0 aliphatic carbocycles. The average Bonchev–Trinajstić information content (AvgIpc) is 2.91. The van der Waals surface area contributed by atoms with E-state index < -0.39 is 57.3 Å². The van der Waals surface area contributed by atoms with Gasteiger partial charge in [-0.25, -0.2) is 0 Å². The number of benzene rings is 2. The van der Waals surface area contributed by atoms with E-state index in [9.17, 15) is 37.7 Å². The average molecular weight is 424 g/mol. The lowest BCUT2D eigenvalue weighted by molar-refractivity contribution is -0.384. The van der Waals surface area contributed by atoms with Crippen LogP contribution in [-0.4, -0.2) is 44.7 Å². The Kier molecular flexibility index (Phi) is 5.42. The molecule has 0 fully saturated rings. The number of nitro groups is 1. The third-order valence-electron chi connectivity index (χ3n) is 4.14. The number of imide groups is 1. The van der Waals surface area contributed by atoms with E-state index >= 15 is 0 Å². The van der Waals surface area contributed by atoms with Crippen LogP contribution in [0.15, 0.2) is 48.5 Å². The summed E-state index contributed by atoms with van der Waals surface area (Å²) in [6.07, 6.45) is 0. The van der Waals surface area contributed by atoms with Gasteiger partial charge in [-0.2, -0.15) is 13.2 Å². The van der Waals surface area contributed by atoms with Gasteiger partial charge in [-0.15, -0.1) is 0 Å². The first-order valence-corrected chi connectivity index (χ1v) is 8.95. The quantitative estimate of drug-likeness (QED) is 0.304. The lowest BCUT2D eigenvalue weighted by atomic mass is 10.1. The summed E-state index contributed by atoms with van der Waals surface area (Å²) in [5, 5.41) is 9.09. The summed E-state index contributed by atoms with van der Waals surface area (Å²) >= 11 is -0.621. The molecule has 29 heavy (non-hydrogen) atoms. The molecule has 11 heteroatoms. The van der Waals surface area contributed by atoms with Gasteiger partial charge >= 0.3 is 5.51 Å². The van der Waals surface area contributed by atoms with E-state index in [4.69, 9.17) is 0 Å². The van der Waals surface area contributed by atoms with Gasteiger partial charge in [0.1, 0.15) is 0 Å². The fourth-order valence-corrected chi connectivity index (χ4v) is 3.64. The van der Waals surface area contributed by atoms with Crippen LogP contribution in [0.2, 0.25) is 0 Å². The van der Waals surface area contributed by atoms with Crippen LogP contribution in [0.1, 0.15) is 31.1 Å². The van der Waals surface area contributed by atoms with Crippen LogP contribution in [0.5, 0.6) is 0 Å². The number of non-ortho nitro benzene ring substituents is 1. The van der Waals surface area contributed by atoms with E-state index in [1.165, 1.54) is 24.3 Å². The monoisotopic (exact) mass is 424 g/mol. The number of hydrogen-bond acceptors (Lipinski definition) is 6. The first-order chi connectivity index (χ1) is 13.6. The summed E-state index contributed by atoms with van der Waals surface area (Å²) in [4.78, 5) is 48.2. The van der Waals surface area contributed by atoms with E-state index in [-0.39, 0.29) is 16.7 Å². The zero-order valence-electron chi connectivity index (χ0n) is 14.4. The van der Waals surface area contributed by atoms with Crippen molar-refractivity contribution in [3.05, 3.63) is 75.3 Å². The molecule has 0 saturated carbocycles. The Morgan fingerprint density at radius 2 is 1.69 bits per heavy atom. The van der Waals surface area contributed by atoms with Crippen molar-refractivity contribution in [2.45, 2.75) is 10.8 Å². The Labute approximate surface area is 165 Å². The highest BCUT2D eigenvalue weighted by molar-refractivity contribution is 8.01. The zero-order valence-corrected chi connectivity index (χ0v) is 15.2. The number of amides is 2. The molecule has 0 bridgehead atoms. The zero-order chi connectivity index (χ0) is 21.3. The number of nitrogens with zero attached hydrogens (tertiary/aromatic N) is 2. The molecule has 0 saturated heterocycles. The normalized spacial score (nSPS) is 14.7. The SMILES string of the molecule is O=C(c1ccccc1)C(CN1C(=O)c2ccc([N+](=O)[O-])cc2C1=O)SC(F)(F)F. The summed E-state index contributed by atoms with van der Waals surface area (Å²) in [6.45, 7) is -0.821. The first-order valence-electron chi connectivity index (χ1n) is 8.07. The molecule has 7 nitrogen and oxygen atoms in total. The number of rotatable bonds is 6. The molecule has 3 rings (SSSR count). The van der Waals surface area contributed by atoms with Gasteiger partial charge in [-0.3, -0.25) is 29.4 Å². The molecule has 150 valence electrons. The van der Waals surface area contributed by atoms with Crippen molar-refractivity contribution in [1.29, 1.82) is 0 Å². The maximum Gasteiger partial charge on any atom is 0.442 e. The van der Waals surface area contributed by atoms with Crippen molar-refractivity contribution >= 4 is 35.0 Å². The molecule has 2 aromatic carbocycles. The van der Waals surface area contributed by atoms with E-state index in [1.54, 1.807) is 6.07 Å². The van der Waals surface area contributed by atoms with Crippen LogP contribution >= 0.6 is 11.8 Å². The number of hydrogen-bond donors (Lipinski definition) is 0. The predicted octanol–water partition coefficient (Wildman–Crippen LogP) is 3.70. The minimum atomic E-state index is -4.79. The molecular weight excluding hydrogens is 413 g/mol. The van der Waals surface area contributed by atoms with Gasteiger partial charge in [0, 0.05) is 24.2 Å². The second kappa shape index (κ2) is 7.66. The van der Waals surface area contributed by atoms with E-state index in [0.717, 1.165) is 18.2 Å². The smallest absolute Gasteiger partial charge is 0.293 e. The molecule has 0 radical (unpaired) electrons. The highest BCUT2D eigenvalue weighted by Crippen LogP contribution is 2.37. The van der Waals surface area contributed by atoms with Crippen LogP contribution in [0.25, 0.3) is 0 Å². The lowest BCUT2D eigenvalue weighted by Gasteiger charge is -2.22. The number of nitro benzene ring substituents is 1. The Morgan fingerprint density at radius 3 is 2.28 bits per heavy atom. The number of alkyl halides is 3. The standard InChI is InChI=1S/C18H11F3N2O5S/c19-18(20,21)29-14(15(24)10-4-2-1-3-5-10)9-22-16(25)12-7-6-11(23(27)28)8-13(12)17(22)26/h1-8,14H,9H2. The van der Waals surface area contributed by atoms with E-state index in [1.807, 2.05) is 0 Å². The molecule has 2 amide bonds. The fraction of sp³-hybridized carbons (Fsp3) is 0.167. The molecule has 1 heterocycles. The maximum absolute atomic E-state index is 13.0. The van der Waals surface area contributed by atoms with E-state index in [2.05, 4.69) is 0 Å². The fourth-order valence-electron chi connectivity index (χ4n) is 2.85.